The van der Waals surface area contributed by atoms with Gasteiger partial charge in [-0.05, 0) is 31.2 Å². The van der Waals surface area contributed by atoms with Crippen molar-refractivity contribution in [3.63, 3.8) is 0 Å². The van der Waals surface area contributed by atoms with E-state index in [1.165, 1.54) is 4.31 Å². The number of anilines is 1. The highest BCUT2D eigenvalue weighted by atomic mass is 35.5. The van der Waals surface area contributed by atoms with Crippen molar-refractivity contribution in [2.24, 2.45) is 5.92 Å². The Bertz CT molecular complexity index is 918. The van der Waals surface area contributed by atoms with Crippen LogP contribution in [0, 0.1) is 17.2 Å². The average Bonchev–Trinajstić information content (AvgIpc) is 2.52. The van der Waals surface area contributed by atoms with E-state index in [-0.39, 0.29) is 11.7 Å². The zero-order chi connectivity index (χ0) is 17.3. The molecule has 1 fully saturated rings. The summed E-state index contributed by atoms with van der Waals surface area (Å²) in [6.07, 6.45) is 0. The van der Waals surface area contributed by atoms with E-state index >= 15 is 0 Å². The lowest BCUT2D eigenvalue weighted by molar-refractivity contribution is 0.212. The largest absolute Gasteiger partial charge is 0.370 e. The Balaban J connectivity index is 1.69. The van der Waals surface area contributed by atoms with Gasteiger partial charge in [0, 0.05) is 36.0 Å². The maximum absolute atomic E-state index is 11.7. The van der Waals surface area contributed by atoms with Gasteiger partial charge in [-0.1, -0.05) is 11.6 Å². The molecule has 0 unspecified atom stereocenters. The predicted octanol–water partition coefficient (Wildman–Crippen LogP) is 2.45. The van der Waals surface area contributed by atoms with E-state index in [1.54, 1.807) is 31.2 Å². The number of nitrogens with one attached hydrogen (secondary N) is 1. The first-order valence-electron chi connectivity index (χ1n) is 7.65. The molecule has 0 bridgehead atoms. The summed E-state index contributed by atoms with van der Waals surface area (Å²) in [6.45, 7) is 3.32. The van der Waals surface area contributed by atoms with Crippen molar-refractivity contribution in [3.8, 4) is 6.07 Å². The topological polar surface area (TPSA) is 86.1 Å². The molecule has 1 aliphatic rings. The number of nitrogens with zero attached hydrogens (tertiary/aromatic N) is 3. The molecule has 0 amide bonds. The Hall–Kier alpha value is -1.88. The summed E-state index contributed by atoms with van der Waals surface area (Å²) in [5.74, 6) is 0.991. The molecular weight excluding hydrogens is 348 g/mol. The van der Waals surface area contributed by atoms with E-state index in [4.69, 9.17) is 11.6 Å². The minimum absolute atomic E-state index is 0.132. The van der Waals surface area contributed by atoms with Gasteiger partial charge in [0.25, 0.3) is 0 Å². The molecule has 24 heavy (non-hydrogen) atoms. The Morgan fingerprint density at radius 1 is 1.42 bits per heavy atom. The smallest absolute Gasteiger partial charge is 0.213 e. The molecule has 1 aliphatic heterocycles. The van der Waals surface area contributed by atoms with Gasteiger partial charge in [0.05, 0.1) is 22.9 Å². The van der Waals surface area contributed by atoms with E-state index < -0.39 is 10.0 Å². The third-order valence-corrected chi connectivity index (χ3v) is 6.19. The standard InChI is InChI=1S/C16H17ClN4O2S/c1-2-24(22,23)21-9-11(10-21)8-19-16-5-12(7-18)14-6-13(17)3-4-15(14)20-16/h3-6,11H,2,8-10H2,1H3,(H,19,20). The van der Waals surface area contributed by atoms with Crippen molar-refractivity contribution in [2.45, 2.75) is 6.92 Å². The molecule has 2 aromatic rings. The zero-order valence-electron chi connectivity index (χ0n) is 13.2. The summed E-state index contributed by atoms with van der Waals surface area (Å²) >= 11 is 5.97. The average molecular weight is 365 g/mol. The maximum atomic E-state index is 11.7. The highest BCUT2D eigenvalue weighted by Gasteiger charge is 2.34. The molecule has 0 aliphatic carbocycles. The molecule has 0 spiro atoms. The normalized spacial score (nSPS) is 15.9. The number of hydrogen-bond acceptors (Lipinski definition) is 5. The van der Waals surface area contributed by atoms with Crippen LogP contribution in [0.3, 0.4) is 0 Å². The number of fused-ring (bicyclic) bond motifs is 1. The van der Waals surface area contributed by atoms with Crippen LogP contribution in [0.5, 0.6) is 0 Å². The molecule has 0 radical (unpaired) electrons. The van der Waals surface area contributed by atoms with Gasteiger partial charge in [0.2, 0.25) is 10.0 Å². The van der Waals surface area contributed by atoms with E-state index in [1.807, 2.05) is 0 Å². The first-order chi connectivity index (χ1) is 11.4. The van der Waals surface area contributed by atoms with E-state index in [0.717, 1.165) is 5.39 Å². The molecule has 6 nitrogen and oxygen atoms in total. The quantitative estimate of drug-likeness (QED) is 0.880. The SMILES string of the molecule is CCS(=O)(=O)N1CC(CNc2cc(C#N)c3cc(Cl)ccc3n2)C1. The van der Waals surface area contributed by atoms with Crippen molar-refractivity contribution in [2.75, 3.05) is 30.7 Å². The van der Waals surface area contributed by atoms with E-state index in [0.29, 0.717) is 41.6 Å². The second kappa shape index (κ2) is 6.55. The van der Waals surface area contributed by atoms with Crippen molar-refractivity contribution in [1.29, 1.82) is 5.26 Å². The van der Waals surface area contributed by atoms with Crippen LogP contribution in [0.15, 0.2) is 24.3 Å². The summed E-state index contributed by atoms with van der Waals surface area (Å²) in [7, 11) is -3.09. The third kappa shape index (κ3) is 3.31. The fourth-order valence-corrected chi connectivity index (χ4v) is 4.10. The molecule has 1 aromatic carbocycles. The summed E-state index contributed by atoms with van der Waals surface area (Å²) in [5.41, 5.74) is 1.21. The first-order valence-corrected chi connectivity index (χ1v) is 9.63. The van der Waals surface area contributed by atoms with Gasteiger partial charge < -0.3 is 5.32 Å². The van der Waals surface area contributed by atoms with Gasteiger partial charge in [-0.15, -0.1) is 0 Å². The van der Waals surface area contributed by atoms with E-state index in [9.17, 15) is 13.7 Å². The van der Waals surface area contributed by atoms with Gasteiger partial charge in [-0.2, -0.15) is 5.26 Å². The van der Waals surface area contributed by atoms with Gasteiger partial charge in [-0.25, -0.2) is 17.7 Å². The number of halogens is 1. The van der Waals surface area contributed by atoms with Crippen molar-refractivity contribution in [1.82, 2.24) is 9.29 Å². The molecule has 8 heteroatoms. The van der Waals surface area contributed by atoms with Crippen LogP contribution in [0.25, 0.3) is 10.9 Å². The number of aromatic nitrogens is 1. The van der Waals surface area contributed by atoms with Gasteiger partial charge >= 0.3 is 0 Å². The second-order valence-electron chi connectivity index (χ2n) is 5.79. The molecule has 126 valence electrons. The lowest BCUT2D eigenvalue weighted by Gasteiger charge is -2.38. The molecule has 3 rings (SSSR count). The fourth-order valence-electron chi connectivity index (χ4n) is 2.69. The molecule has 1 saturated heterocycles. The van der Waals surface area contributed by atoms with Crippen LogP contribution in [-0.2, 0) is 10.0 Å². The van der Waals surface area contributed by atoms with Gasteiger partial charge in [0.15, 0.2) is 0 Å². The lowest BCUT2D eigenvalue weighted by Crippen LogP contribution is -2.52. The second-order valence-corrected chi connectivity index (χ2v) is 8.49. The molecule has 0 saturated carbocycles. The monoisotopic (exact) mass is 364 g/mol. The van der Waals surface area contributed by atoms with Crippen molar-refractivity contribution in [3.05, 3.63) is 34.9 Å². The highest BCUT2D eigenvalue weighted by Crippen LogP contribution is 2.25. The van der Waals surface area contributed by atoms with Crippen LogP contribution in [0.2, 0.25) is 5.02 Å². The Morgan fingerprint density at radius 3 is 2.83 bits per heavy atom. The number of benzene rings is 1. The Morgan fingerprint density at radius 2 is 2.17 bits per heavy atom. The van der Waals surface area contributed by atoms with Crippen LogP contribution >= 0.6 is 11.6 Å². The van der Waals surface area contributed by atoms with Gasteiger partial charge in [0.1, 0.15) is 5.82 Å². The third-order valence-electron chi connectivity index (χ3n) is 4.14. The molecule has 1 N–H and O–H groups in total. The molecular formula is C16H17ClN4O2S. The van der Waals surface area contributed by atoms with Crippen LogP contribution in [-0.4, -0.2) is 43.1 Å². The van der Waals surface area contributed by atoms with Crippen molar-refractivity contribution >= 4 is 38.3 Å². The number of sulfonamides is 1. The molecule has 1 aromatic heterocycles. The highest BCUT2D eigenvalue weighted by molar-refractivity contribution is 7.89. The minimum Gasteiger partial charge on any atom is -0.370 e. The van der Waals surface area contributed by atoms with E-state index in [2.05, 4.69) is 16.4 Å². The first kappa shape index (κ1) is 17.0. The van der Waals surface area contributed by atoms with Gasteiger partial charge in [-0.3, -0.25) is 0 Å². The summed E-state index contributed by atoms with van der Waals surface area (Å²) in [5, 5.41) is 13.8. The zero-order valence-corrected chi connectivity index (χ0v) is 14.7. The summed E-state index contributed by atoms with van der Waals surface area (Å²) in [6, 6.07) is 9.10. The minimum atomic E-state index is -3.09. The predicted molar refractivity (Wildman–Crippen MR) is 94.5 cm³/mol. The van der Waals surface area contributed by atoms with Crippen LogP contribution < -0.4 is 5.32 Å². The number of rotatable bonds is 5. The molecule has 0 atom stereocenters. The number of nitriles is 1. The Labute approximate surface area is 146 Å². The summed E-state index contributed by atoms with van der Waals surface area (Å²) in [4.78, 5) is 4.49. The van der Waals surface area contributed by atoms with Crippen molar-refractivity contribution < 1.29 is 8.42 Å². The Kier molecular flexibility index (Phi) is 4.63. The number of hydrogen-bond donors (Lipinski definition) is 1. The number of pyridine rings is 1. The summed E-state index contributed by atoms with van der Waals surface area (Å²) < 4.78 is 24.9. The lowest BCUT2D eigenvalue weighted by atomic mass is 10.0. The maximum Gasteiger partial charge on any atom is 0.213 e. The van der Waals surface area contributed by atoms with Crippen LogP contribution in [0.1, 0.15) is 12.5 Å². The fraction of sp³-hybridized carbons (Fsp3) is 0.375. The van der Waals surface area contributed by atoms with Crippen LogP contribution in [0.4, 0.5) is 5.82 Å². The molecule has 2 heterocycles.